The van der Waals surface area contributed by atoms with Crippen LogP contribution in [0.4, 0.5) is 0 Å². The molecule has 1 aromatic rings. The second kappa shape index (κ2) is 6.02. The Morgan fingerprint density at radius 3 is 2.78 bits per heavy atom. The maximum Gasteiger partial charge on any atom is 0.131 e. The predicted octanol–water partition coefficient (Wildman–Crippen LogP) is 4.04. The van der Waals surface area contributed by atoms with E-state index in [1.807, 2.05) is 18.2 Å². The summed E-state index contributed by atoms with van der Waals surface area (Å²) in [5.74, 6) is 1.40. The van der Waals surface area contributed by atoms with Crippen molar-refractivity contribution in [3.05, 3.63) is 28.2 Å². The van der Waals surface area contributed by atoms with Crippen molar-refractivity contribution >= 4 is 33.1 Å². The SMILES string of the molecule is CC1CCCCC1Oc1cccc(Br)c1C(N)=S. The van der Waals surface area contributed by atoms with Crippen LogP contribution >= 0.6 is 28.1 Å². The van der Waals surface area contributed by atoms with E-state index < -0.39 is 0 Å². The molecule has 0 bridgehead atoms. The van der Waals surface area contributed by atoms with Gasteiger partial charge in [-0.15, -0.1) is 0 Å². The number of hydrogen-bond donors (Lipinski definition) is 1. The van der Waals surface area contributed by atoms with Crippen molar-refractivity contribution in [3.8, 4) is 5.75 Å². The highest BCUT2D eigenvalue weighted by atomic mass is 79.9. The van der Waals surface area contributed by atoms with Crippen LogP contribution < -0.4 is 10.5 Å². The van der Waals surface area contributed by atoms with Crippen molar-refractivity contribution in [2.45, 2.75) is 38.7 Å². The predicted molar refractivity (Wildman–Crippen MR) is 82.1 cm³/mol. The fraction of sp³-hybridized carbons (Fsp3) is 0.500. The minimum atomic E-state index is 0.279. The van der Waals surface area contributed by atoms with E-state index >= 15 is 0 Å². The van der Waals surface area contributed by atoms with Gasteiger partial charge in [-0.1, -0.05) is 31.6 Å². The van der Waals surface area contributed by atoms with Gasteiger partial charge in [0.25, 0.3) is 0 Å². The van der Waals surface area contributed by atoms with Gasteiger partial charge in [0.05, 0.1) is 5.56 Å². The third-order valence-electron chi connectivity index (χ3n) is 3.53. The van der Waals surface area contributed by atoms with Gasteiger partial charge in [0.15, 0.2) is 0 Å². The van der Waals surface area contributed by atoms with Crippen LogP contribution in [0.15, 0.2) is 22.7 Å². The zero-order chi connectivity index (χ0) is 13.1. The van der Waals surface area contributed by atoms with Crippen LogP contribution in [0, 0.1) is 5.92 Å². The van der Waals surface area contributed by atoms with Crippen molar-refractivity contribution in [3.63, 3.8) is 0 Å². The van der Waals surface area contributed by atoms with Gasteiger partial charge >= 0.3 is 0 Å². The molecule has 1 saturated carbocycles. The third-order valence-corrected chi connectivity index (χ3v) is 4.40. The van der Waals surface area contributed by atoms with E-state index in [0.717, 1.165) is 22.2 Å². The first-order valence-electron chi connectivity index (χ1n) is 6.34. The first-order chi connectivity index (χ1) is 8.59. The van der Waals surface area contributed by atoms with Crippen molar-refractivity contribution in [2.75, 3.05) is 0 Å². The van der Waals surface area contributed by atoms with Gasteiger partial charge in [-0.2, -0.15) is 0 Å². The van der Waals surface area contributed by atoms with E-state index in [2.05, 4.69) is 22.9 Å². The number of benzene rings is 1. The van der Waals surface area contributed by atoms with E-state index in [-0.39, 0.29) is 6.10 Å². The molecule has 1 aliphatic carbocycles. The van der Waals surface area contributed by atoms with Crippen molar-refractivity contribution in [1.29, 1.82) is 0 Å². The molecule has 0 aromatic heterocycles. The Balaban J connectivity index is 2.23. The number of ether oxygens (including phenoxy) is 1. The van der Waals surface area contributed by atoms with Gasteiger partial charge in [0, 0.05) is 4.47 Å². The van der Waals surface area contributed by atoms with Crippen LogP contribution in [0.1, 0.15) is 38.2 Å². The van der Waals surface area contributed by atoms with E-state index in [0.29, 0.717) is 10.9 Å². The van der Waals surface area contributed by atoms with E-state index in [4.69, 9.17) is 22.7 Å². The average Bonchev–Trinajstić information content (AvgIpc) is 2.31. The number of halogens is 1. The van der Waals surface area contributed by atoms with E-state index in [9.17, 15) is 0 Å². The largest absolute Gasteiger partial charge is 0.489 e. The lowest BCUT2D eigenvalue weighted by atomic mass is 9.88. The second-order valence-corrected chi connectivity index (χ2v) is 6.19. The van der Waals surface area contributed by atoms with Gasteiger partial charge in [-0.25, -0.2) is 0 Å². The molecule has 1 fully saturated rings. The van der Waals surface area contributed by atoms with Crippen LogP contribution in [0.2, 0.25) is 0 Å². The van der Waals surface area contributed by atoms with Gasteiger partial charge in [-0.05, 0) is 53.2 Å². The minimum absolute atomic E-state index is 0.279. The highest BCUT2D eigenvalue weighted by Crippen LogP contribution is 2.32. The van der Waals surface area contributed by atoms with Gasteiger partial charge in [0.2, 0.25) is 0 Å². The molecule has 0 saturated heterocycles. The Morgan fingerprint density at radius 2 is 2.11 bits per heavy atom. The quantitative estimate of drug-likeness (QED) is 0.851. The summed E-state index contributed by atoms with van der Waals surface area (Å²) in [5.41, 5.74) is 6.59. The smallest absolute Gasteiger partial charge is 0.131 e. The molecule has 2 rings (SSSR count). The lowest BCUT2D eigenvalue weighted by Crippen LogP contribution is -2.29. The van der Waals surface area contributed by atoms with Crippen molar-refractivity contribution in [2.24, 2.45) is 11.7 Å². The Labute approximate surface area is 122 Å². The van der Waals surface area contributed by atoms with E-state index in [1.54, 1.807) is 0 Å². The fourth-order valence-electron chi connectivity index (χ4n) is 2.46. The molecule has 0 spiro atoms. The molecule has 0 amide bonds. The molecule has 0 aliphatic heterocycles. The summed E-state index contributed by atoms with van der Waals surface area (Å²) in [7, 11) is 0. The Morgan fingerprint density at radius 1 is 1.39 bits per heavy atom. The number of rotatable bonds is 3. The molecule has 1 aliphatic rings. The Hall–Kier alpha value is -0.610. The molecule has 0 radical (unpaired) electrons. The van der Waals surface area contributed by atoms with Gasteiger partial charge in [-0.3, -0.25) is 0 Å². The molecule has 1 aromatic carbocycles. The van der Waals surface area contributed by atoms with Gasteiger partial charge < -0.3 is 10.5 Å². The molecular formula is C14H18BrNOS. The molecule has 4 heteroatoms. The number of nitrogens with two attached hydrogens (primary N) is 1. The standard InChI is InChI=1S/C14H18BrNOS/c1-9-5-2-3-7-11(9)17-12-8-4-6-10(15)13(12)14(16)18/h4,6,8-9,11H,2-3,5,7H2,1H3,(H2,16,18). The Bertz CT molecular complexity index is 449. The topological polar surface area (TPSA) is 35.2 Å². The molecule has 98 valence electrons. The van der Waals surface area contributed by atoms with Crippen LogP contribution in [0.25, 0.3) is 0 Å². The number of hydrogen-bond acceptors (Lipinski definition) is 2. The average molecular weight is 328 g/mol. The summed E-state index contributed by atoms with van der Waals surface area (Å²) < 4.78 is 7.04. The monoisotopic (exact) mass is 327 g/mol. The summed E-state index contributed by atoms with van der Waals surface area (Å²) in [6.07, 6.45) is 5.18. The summed E-state index contributed by atoms with van der Waals surface area (Å²) in [4.78, 5) is 0.376. The minimum Gasteiger partial charge on any atom is -0.489 e. The summed E-state index contributed by atoms with van der Waals surface area (Å²) in [5, 5.41) is 0. The summed E-state index contributed by atoms with van der Waals surface area (Å²) in [6.45, 7) is 2.25. The lowest BCUT2D eigenvalue weighted by Gasteiger charge is -2.30. The normalized spacial score (nSPS) is 23.7. The van der Waals surface area contributed by atoms with Crippen LogP contribution in [0.5, 0.6) is 5.75 Å². The molecule has 0 heterocycles. The highest BCUT2D eigenvalue weighted by molar-refractivity contribution is 9.10. The Kier molecular flexibility index (Phi) is 4.62. The fourth-order valence-corrected chi connectivity index (χ4v) is 3.37. The van der Waals surface area contributed by atoms with Crippen LogP contribution in [-0.4, -0.2) is 11.1 Å². The van der Waals surface area contributed by atoms with Crippen LogP contribution in [0.3, 0.4) is 0 Å². The molecule has 2 unspecified atom stereocenters. The second-order valence-electron chi connectivity index (χ2n) is 4.90. The third kappa shape index (κ3) is 3.04. The molecule has 18 heavy (non-hydrogen) atoms. The molecule has 2 nitrogen and oxygen atoms in total. The maximum absolute atomic E-state index is 6.14. The highest BCUT2D eigenvalue weighted by Gasteiger charge is 2.24. The first kappa shape index (κ1) is 13.8. The van der Waals surface area contributed by atoms with Crippen molar-refractivity contribution < 1.29 is 4.74 Å². The molecule has 2 N–H and O–H groups in total. The molecule has 2 atom stereocenters. The molecular weight excluding hydrogens is 310 g/mol. The zero-order valence-electron chi connectivity index (χ0n) is 10.5. The first-order valence-corrected chi connectivity index (χ1v) is 7.54. The summed E-state index contributed by atoms with van der Waals surface area (Å²) in [6, 6.07) is 5.83. The zero-order valence-corrected chi connectivity index (χ0v) is 12.9. The van der Waals surface area contributed by atoms with Crippen molar-refractivity contribution in [1.82, 2.24) is 0 Å². The lowest BCUT2D eigenvalue weighted by molar-refractivity contribution is 0.102. The number of thiocarbonyl (C=S) groups is 1. The maximum atomic E-state index is 6.14. The van der Waals surface area contributed by atoms with Crippen LogP contribution in [-0.2, 0) is 0 Å². The van der Waals surface area contributed by atoms with Gasteiger partial charge in [0.1, 0.15) is 16.8 Å². The van der Waals surface area contributed by atoms with E-state index in [1.165, 1.54) is 19.3 Å². The summed E-state index contributed by atoms with van der Waals surface area (Å²) >= 11 is 8.58.